The minimum absolute atomic E-state index is 0.214. The Hall–Kier alpha value is -1.56. The molecule has 0 bridgehead atoms. The molecule has 0 aliphatic rings. The predicted molar refractivity (Wildman–Crippen MR) is 77.6 cm³/mol. The molecule has 1 atom stereocenters. The van der Waals surface area contributed by atoms with E-state index in [0.717, 1.165) is 12.1 Å². The SMILES string of the molecule is CC(Nc1ccc(F)cc1Br)c1ccc(C(F)(F)F)cc1. The first-order valence-corrected chi connectivity index (χ1v) is 6.95. The van der Waals surface area contributed by atoms with E-state index in [9.17, 15) is 17.6 Å². The molecule has 0 amide bonds. The van der Waals surface area contributed by atoms with E-state index in [1.165, 1.54) is 24.3 Å². The van der Waals surface area contributed by atoms with Crippen LogP contribution in [0.3, 0.4) is 0 Å². The topological polar surface area (TPSA) is 12.0 Å². The van der Waals surface area contributed by atoms with Crippen LogP contribution in [0.2, 0.25) is 0 Å². The van der Waals surface area contributed by atoms with E-state index >= 15 is 0 Å². The number of hydrogen-bond donors (Lipinski definition) is 1. The molecule has 0 saturated carbocycles. The van der Waals surface area contributed by atoms with Gasteiger partial charge in [-0.25, -0.2) is 4.39 Å². The highest BCUT2D eigenvalue weighted by molar-refractivity contribution is 9.10. The molecule has 0 aromatic heterocycles. The van der Waals surface area contributed by atoms with Crippen LogP contribution in [-0.2, 0) is 6.18 Å². The Morgan fingerprint density at radius 2 is 1.67 bits per heavy atom. The van der Waals surface area contributed by atoms with Gasteiger partial charge in [0.25, 0.3) is 0 Å². The minimum Gasteiger partial charge on any atom is -0.378 e. The van der Waals surface area contributed by atoms with Crippen LogP contribution < -0.4 is 5.32 Å². The Morgan fingerprint density at radius 3 is 2.19 bits per heavy atom. The van der Waals surface area contributed by atoms with Crippen molar-refractivity contribution >= 4 is 21.6 Å². The van der Waals surface area contributed by atoms with Crippen molar-refractivity contribution in [1.29, 1.82) is 0 Å². The zero-order valence-electron chi connectivity index (χ0n) is 11.0. The molecule has 0 spiro atoms. The lowest BCUT2D eigenvalue weighted by Gasteiger charge is -2.17. The van der Waals surface area contributed by atoms with E-state index < -0.39 is 11.7 Å². The highest BCUT2D eigenvalue weighted by atomic mass is 79.9. The lowest BCUT2D eigenvalue weighted by molar-refractivity contribution is -0.137. The Morgan fingerprint density at radius 1 is 1.05 bits per heavy atom. The largest absolute Gasteiger partial charge is 0.416 e. The highest BCUT2D eigenvalue weighted by Gasteiger charge is 2.30. The van der Waals surface area contributed by atoms with Gasteiger partial charge in [0.1, 0.15) is 5.82 Å². The molecular weight excluding hydrogens is 350 g/mol. The molecule has 0 fully saturated rings. The molecule has 1 N–H and O–H groups in total. The van der Waals surface area contributed by atoms with Crippen molar-refractivity contribution in [3.05, 3.63) is 63.9 Å². The van der Waals surface area contributed by atoms with Crippen molar-refractivity contribution < 1.29 is 17.6 Å². The number of nitrogens with one attached hydrogen (secondary N) is 1. The van der Waals surface area contributed by atoms with Crippen LogP contribution in [0.1, 0.15) is 24.1 Å². The normalized spacial score (nSPS) is 13.0. The van der Waals surface area contributed by atoms with Crippen molar-refractivity contribution in [3.63, 3.8) is 0 Å². The maximum absolute atomic E-state index is 13.0. The average Bonchev–Trinajstić information content (AvgIpc) is 2.41. The number of anilines is 1. The van der Waals surface area contributed by atoms with Gasteiger partial charge in [0.15, 0.2) is 0 Å². The molecule has 2 aromatic rings. The Bertz CT molecular complexity index is 623. The summed E-state index contributed by atoms with van der Waals surface area (Å²) in [6.45, 7) is 1.82. The molecule has 2 aromatic carbocycles. The zero-order valence-corrected chi connectivity index (χ0v) is 12.6. The van der Waals surface area contributed by atoms with E-state index in [4.69, 9.17) is 0 Å². The molecule has 112 valence electrons. The first-order chi connectivity index (χ1) is 9.77. The Balaban J connectivity index is 2.15. The fourth-order valence-electron chi connectivity index (χ4n) is 1.88. The Labute approximate surface area is 128 Å². The van der Waals surface area contributed by atoms with E-state index in [1.54, 1.807) is 6.07 Å². The summed E-state index contributed by atoms with van der Waals surface area (Å²) >= 11 is 3.23. The second-order valence-electron chi connectivity index (χ2n) is 4.61. The van der Waals surface area contributed by atoms with Crippen molar-refractivity contribution in [1.82, 2.24) is 0 Å². The molecule has 0 heterocycles. The summed E-state index contributed by atoms with van der Waals surface area (Å²) in [5.41, 5.74) is 0.699. The molecule has 0 aliphatic carbocycles. The van der Waals surface area contributed by atoms with Crippen LogP contribution in [0.5, 0.6) is 0 Å². The summed E-state index contributed by atoms with van der Waals surface area (Å²) in [7, 11) is 0. The summed E-state index contributed by atoms with van der Waals surface area (Å²) < 4.78 is 51.1. The van der Waals surface area contributed by atoms with Crippen molar-refractivity contribution in [2.24, 2.45) is 0 Å². The monoisotopic (exact) mass is 361 g/mol. The van der Waals surface area contributed by atoms with Gasteiger partial charge in [0, 0.05) is 16.2 Å². The molecule has 1 nitrogen and oxygen atoms in total. The lowest BCUT2D eigenvalue weighted by Crippen LogP contribution is -2.09. The Kier molecular flexibility index (Phi) is 4.56. The van der Waals surface area contributed by atoms with Gasteiger partial charge in [0.2, 0.25) is 0 Å². The molecule has 1 unspecified atom stereocenters. The summed E-state index contributed by atoms with van der Waals surface area (Å²) in [6, 6.07) is 8.94. The molecule has 0 saturated heterocycles. The number of benzene rings is 2. The third-order valence-electron chi connectivity index (χ3n) is 3.04. The van der Waals surface area contributed by atoms with E-state index in [-0.39, 0.29) is 11.9 Å². The zero-order chi connectivity index (χ0) is 15.6. The van der Waals surface area contributed by atoms with Gasteiger partial charge in [-0.2, -0.15) is 13.2 Å². The predicted octanol–water partition coefficient (Wildman–Crippen LogP) is 5.78. The molecule has 2 rings (SSSR count). The van der Waals surface area contributed by atoms with Gasteiger partial charge in [0.05, 0.1) is 5.56 Å². The number of halogens is 5. The quantitative estimate of drug-likeness (QED) is 0.683. The second kappa shape index (κ2) is 6.05. The van der Waals surface area contributed by atoms with Gasteiger partial charge in [-0.05, 0) is 58.7 Å². The van der Waals surface area contributed by atoms with E-state index in [2.05, 4.69) is 21.2 Å². The summed E-state index contributed by atoms with van der Waals surface area (Å²) in [5.74, 6) is -0.366. The van der Waals surface area contributed by atoms with Crippen LogP contribution in [0.15, 0.2) is 46.9 Å². The maximum Gasteiger partial charge on any atom is 0.416 e. The fraction of sp³-hybridized carbons (Fsp3) is 0.200. The second-order valence-corrected chi connectivity index (χ2v) is 5.46. The fourth-order valence-corrected chi connectivity index (χ4v) is 2.35. The number of rotatable bonds is 3. The smallest absolute Gasteiger partial charge is 0.378 e. The first kappa shape index (κ1) is 15.8. The van der Waals surface area contributed by atoms with Crippen LogP contribution >= 0.6 is 15.9 Å². The average molecular weight is 362 g/mol. The third kappa shape index (κ3) is 3.97. The lowest BCUT2D eigenvalue weighted by atomic mass is 10.1. The van der Waals surface area contributed by atoms with Gasteiger partial charge in [-0.1, -0.05) is 12.1 Å². The van der Waals surface area contributed by atoms with Crippen molar-refractivity contribution in [2.75, 3.05) is 5.32 Å². The standard InChI is InChI=1S/C15H12BrF4N/c1-9(21-14-7-6-12(17)8-13(14)16)10-2-4-11(5-3-10)15(18,19)20/h2-9,21H,1H3. The van der Waals surface area contributed by atoms with E-state index in [1.807, 2.05) is 6.92 Å². The summed E-state index contributed by atoms with van der Waals surface area (Å²) in [5, 5.41) is 3.12. The molecule has 0 aliphatic heterocycles. The molecular formula is C15H12BrF4N. The maximum atomic E-state index is 13.0. The van der Waals surface area contributed by atoms with Crippen LogP contribution in [0.4, 0.5) is 23.2 Å². The van der Waals surface area contributed by atoms with Gasteiger partial charge in [-0.15, -0.1) is 0 Å². The molecule has 0 radical (unpaired) electrons. The van der Waals surface area contributed by atoms with Crippen LogP contribution in [-0.4, -0.2) is 0 Å². The van der Waals surface area contributed by atoms with Gasteiger partial charge >= 0.3 is 6.18 Å². The molecule has 6 heteroatoms. The minimum atomic E-state index is -4.34. The van der Waals surface area contributed by atoms with Crippen molar-refractivity contribution in [3.8, 4) is 0 Å². The molecule has 21 heavy (non-hydrogen) atoms. The van der Waals surface area contributed by atoms with E-state index in [0.29, 0.717) is 15.7 Å². The van der Waals surface area contributed by atoms with Crippen LogP contribution in [0, 0.1) is 5.82 Å². The summed E-state index contributed by atoms with van der Waals surface area (Å²) in [6.07, 6.45) is -4.34. The number of alkyl halides is 3. The van der Waals surface area contributed by atoms with Crippen molar-refractivity contribution in [2.45, 2.75) is 19.1 Å². The summed E-state index contributed by atoms with van der Waals surface area (Å²) in [4.78, 5) is 0. The first-order valence-electron chi connectivity index (χ1n) is 6.16. The third-order valence-corrected chi connectivity index (χ3v) is 3.70. The van der Waals surface area contributed by atoms with Gasteiger partial charge < -0.3 is 5.32 Å². The highest BCUT2D eigenvalue weighted by Crippen LogP contribution is 2.31. The van der Waals surface area contributed by atoms with Gasteiger partial charge in [-0.3, -0.25) is 0 Å². The number of hydrogen-bond acceptors (Lipinski definition) is 1. The van der Waals surface area contributed by atoms with Crippen LogP contribution in [0.25, 0.3) is 0 Å².